The quantitative estimate of drug-likeness (QED) is 0.331. The Labute approximate surface area is 189 Å². The Morgan fingerprint density at radius 1 is 0.939 bits per heavy atom. The molecular weight excluding hydrogens is 446 g/mol. The normalized spacial score (nSPS) is 21.2. The topological polar surface area (TPSA) is 170 Å². The first-order valence-corrected chi connectivity index (χ1v) is 9.74. The molecule has 0 saturated heterocycles. The Bertz CT molecular complexity index is 820. The molecule has 1 unspecified atom stereocenters. The number of nitrogens with one attached hydrogen (secondary N) is 1. The van der Waals surface area contributed by atoms with Gasteiger partial charge in [-0.15, -0.1) is 0 Å². The summed E-state index contributed by atoms with van der Waals surface area (Å²) in [6.07, 6.45) is -4.64. The Balaban J connectivity index is 3.58. The number of rotatable bonds is 9. The van der Waals surface area contributed by atoms with Crippen molar-refractivity contribution in [3.63, 3.8) is 0 Å². The Kier molecular flexibility index (Phi) is 10.3. The molecule has 1 aliphatic heterocycles. The lowest BCUT2D eigenvalue weighted by Gasteiger charge is -2.40. The van der Waals surface area contributed by atoms with Crippen LogP contribution in [0.5, 0.6) is 0 Å². The predicted octanol–water partition coefficient (Wildman–Crippen LogP) is -0.695. The average Bonchev–Trinajstić information content (AvgIpc) is 2.68. The lowest BCUT2D eigenvalue weighted by molar-refractivity contribution is -0.200. The SMILES string of the molecule is COC(=O)C1=C[C@H](NC(C)=O)[C@@H](OC(C)=O)[C@H](C(OC(C)=O)[C@H](COC(C)=O)OC(C)=O)O1. The van der Waals surface area contributed by atoms with Gasteiger partial charge in [-0.3, -0.25) is 24.0 Å². The summed E-state index contributed by atoms with van der Waals surface area (Å²) in [4.78, 5) is 70.6. The van der Waals surface area contributed by atoms with E-state index in [1.807, 2.05) is 0 Å². The van der Waals surface area contributed by atoms with Crippen LogP contribution in [0.4, 0.5) is 0 Å². The maximum Gasteiger partial charge on any atom is 0.373 e. The van der Waals surface area contributed by atoms with Crippen molar-refractivity contribution in [2.24, 2.45) is 0 Å². The van der Waals surface area contributed by atoms with Crippen LogP contribution in [0.2, 0.25) is 0 Å². The summed E-state index contributed by atoms with van der Waals surface area (Å²) in [7, 11) is 1.08. The molecule has 0 radical (unpaired) electrons. The van der Waals surface area contributed by atoms with Gasteiger partial charge in [-0.1, -0.05) is 0 Å². The minimum absolute atomic E-state index is 0.393. The zero-order valence-corrected chi connectivity index (χ0v) is 19.1. The number of carbonyl (C=O) groups excluding carboxylic acids is 6. The van der Waals surface area contributed by atoms with Gasteiger partial charge < -0.3 is 33.7 Å². The lowest BCUT2D eigenvalue weighted by atomic mass is 9.93. The van der Waals surface area contributed by atoms with Gasteiger partial charge in [0.15, 0.2) is 24.4 Å². The van der Waals surface area contributed by atoms with E-state index in [-0.39, 0.29) is 0 Å². The van der Waals surface area contributed by atoms with Crippen LogP contribution in [0.25, 0.3) is 0 Å². The number of esters is 5. The van der Waals surface area contributed by atoms with Gasteiger partial charge in [-0.2, -0.15) is 0 Å². The molecule has 0 saturated carbocycles. The van der Waals surface area contributed by atoms with Crippen LogP contribution in [0.15, 0.2) is 11.8 Å². The molecule has 13 heteroatoms. The van der Waals surface area contributed by atoms with Gasteiger partial charge in [0.25, 0.3) is 0 Å². The van der Waals surface area contributed by atoms with Crippen molar-refractivity contribution in [2.75, 3.05) is 13.7 Å². The van der Waals surface area contributed by atoms with Crippen molar-refractivity contribution in [2.45, 2.75) is 65.1 Å². The second-order valence-corrected chi connectivity index (χ2v) is 6.93. The van der Waals surface area contributed by atoms with Gasteiger partial charge >= 0.3 is 29.8 Å². The summed E-state index contributed by atoms with van der Waals surface area (Å²) in [5.41, 5.74) is 0. The smallest absolute Gasteiger partial charge is 0.373 e. The minimum atomic E-state index is -1.54. The summed E-state index contributed by atoms with van der Waals surface area (Å²) in [6, 6.07) is -1.12. The Hall–Kier alpha value is -3.64. The highest BCUT2D eigenvalue weighted by Crippen LogP contribution is 2.28. The highest BCUT2D eigenvalue weighted by Gasteiger charge is 2.49. The third-order valence-corrected chi connectivity index (χ3v) is 4.09. The molecule has 1 N–H and O–H groups in total. The molecule has 0 aromatic rings. The molecule has 0 fully saturated rings. The van der Waals surface area contributed by atoms with Crippen LogP contribution in [-0.2, 0) is 57.2 Å². The standard InChI is InChI=1S/C20H27NO12/c1-9(22)21-14-7-15(20(27)28-6)33-19(17(14)31-12(4)25)18(32-13(5)26)16(30-11(3)24)8-29-10(2)23/h7,14,16-19H,8H2,1-6H3,(H,21,22)/t14-,16-,17+,18?,19+/m0/s1. The fourth-order valence-electron chi connectivity index (χ4n) is 3.03. The van der Waals surface area contributed by atoms with E-state index >= 15 is 0 Å². The van der Waals surface area contributed by atoms with E-state index in [0.717, 1.165) is 40.9 Å². The van der Waals surface area contributed by atoms with Gasteiger partial charge in [0.1, 0.15) is 6.61 Å². The van der Waals surface area contributed by atoms with Gasteiger partial charge in [-0.05, 0) is 6.08 Å². The van der Waals surface area contributed by atoms with Gasteiger partial charge in [0.2, 0.25) is 11.7 Å². The number of hydrogen-bond acceptors (Lipinski definition) is 12. The molecule has 0 spiro atoms. The molecule has 0 aliphatic carbocycles. The van der Waals surface area contributed by atoms with E-state index in [1.165, 1.54) is 6.92 Å². The lowest BCUT2D eigenvalue weighted by Crippen LogP contribution is -2.60. The minimum Gasteiger partial charge on any atom is -0.475 e. The number of amides is 1. The van der Waals surface area contributed by atoms with Crippen LogP contribution < -0.4 is 5.32 Å². The average molecular weight is 473 g/mol. The van der Waals surface area contributed by atoms with E-state index < -0.39 is 78.6 Å². The second kappa shape index (κ2) is 12.4. The van der Waals surface area contributed by atoms with Crippen molar-refractivity contribution < 1.29 is 57.2 Å². The van der Waals surface area contributed by atoms with Crippen molar-refractivity contribution in [3.05, 3.63) is 11.8 Å². The van der Waals surface area contributed by atoms with Gasteiger partial charge in [0.05, 0.1) is 13.2 Å². The Morgan fingerprint density at radius 2 is 1.55 bits per heavy atom. The number of methoxy groups -OCH3 is 1. The predicted molar refractivity (Wildman–Crippen MR) is 106 cm³/mol. The summed E-state index contributed by atoms with van der Waals surface area (Å²) < 4.78 is 31.0. The number of carbonyl (C=O) groups is 6. The van der Waals surface area contributed by atoms with Crippen LogP contribution in [0.3, 0.4) is 0 Å². The first-order valence-electron chi connectivity index (χ1n) is 9.74. The van der Waals surface area contributed by atoms with E-state index in [1.54, 1.807) is 0 Å². The van der Waals surface area contributed by atoms with Crippen LogP contribution in [-0.4, -0.2) is 79.9 Å². The molecule has 13 nitrogen and oxygen atoms in total. The maximum absolute atomic E-state index is 12.2. The highest BCUT2D eigenvalue weighted by molar-refractivity contribution is 5.87. The number of ether oxygens (including phenoxy) is 6. The maximum atomic E-state index is 12.2. The van der Waals surface area contributed by atoms with Crippen LogP contribution in [0, 0.1) is 0 Å². The first kappa shape index (κ1) is 27.4. The summed E-state index contributed by atoms with van der Waals surface area (Å²) in [5, 5.41) is 2.50. The summed E-state index contributed by atoms with van der Waals surface area (Å²) in [5.74, 6) is -5.05. The van der Waals surface area contributed by atoms with Crippen molar-refractivity contribution in [1.82, 2.24) is 5.32 Å². The van der Waals surface area contributed by atoms with Crippen molar-refractivity contribution in [3.8, 4) is 0 Å². The van der Waals surface area contributed by atoms with E-state index in [0.29, 0.717) is 0 Å². The fourth-order valence-corrected chi connectivity index (χ4v) is 3.03. The monoisotopic (exact) mass is 473 g/mol. The fraction of sp³-hybridized carbons (Fsp3) is 0.600. The third-order valence-electron chi connectivity index (χ3n) is 4.09. The summed E-state index contributed by atoms with van der Waals surface area (Å²) >= 11 is 0. The van der Waals surface area contributed by atoms with Crippen molar-refractivity contribution >= 4 is 35.8 Å². The van der Waals surface area contributed by atoms with E-state index in [4.69, 9.17) is 23.7 Å². The molecule has 184 valence electrons. The molecule has 1 heterocycles. The van der Waals surface area contributed by atoms with Crippen LogP contribution in [0.1, 0.15) is 34.6 Å². The van der Waals surface area contributed by atoms with Gasteiger partial charge in [0, 0.05) is 34.6 Å². The molecule has 1 amide bonds. The molecule has 0 aromatic carbocycles. The molecular formula is C20H27NO12. The zero-order chi connectivity index (χ0) is 25.3. The zero-order valence-electron chi connectivity index (χ0n) is 19.1. The molecule has 0 aromatic heterocycles. The second-order valence-electron chi connectivity index (χ2n) is 6.93. The third kappa shape index (κ3) is 8.79. The first-order chi connectivity index (χ1) is 15.3. The molecule has 5 atom stereocenters. The molecule has 0 bridgehead atoms. The molecule has 1 aliphatic rings. The number of hydrogen-bond donors (Lipinski definition) is 1. The van der Waals surface area contributed by atoms with Crippen molar-refractivity contribution in [1.29, 1.82) is 0 Å². The molecule has 33 heavy (non-hydrogen) atoms. The summed E-state index contributed by atoms with van der Waals surface area (Å²) in [6.45, 7) is 4.95. The van der Waals surface area contributed by atoms with E-state index in [9.17, 15) is 28.8 Å². The van der Waals surface area contributed by atoms with E-state index in [2.05, 4.69) is 10.1 Å². The van der Waals surface area contributed by atoms with Gasteiger partial charge in [-0.25, -0.2) is 4.79 Å². The van der Waals surface area contributed by atoms with Crippen LogP contribution >= 0.6 is 0 Å². The highest BCUT2D eigenvalue weighted by atomic mass is 16.6. The Morgan fingerprint density at radius 3 is 2.00 bits per heavy atom. The largest absolute Gasteiger partial charge is 0.475 e. The molecule has 1 rings (SSSR count).